The van der Waals surface area contributed by atoms with Crippen molar-refractivity contribution >= 4 is 11.6 Å². The third-order valence-electron chi connectivity index (χ3n) is 3.75. The van der Waals surface area contributed by atoms with Crippen LogP contribution in [0.2, 0.25) is 0 Å². The lowest BCUT2D eigenvalue weighted by Crippen LogP contribution is -1.99. The van der Waals surface area contributed by atoms with Crippen molar-refractivity contribution in [3.63, 3.8) is 0 Å². The van der Waals surface area contributed by atoms with Gasteiger partial charge >= 0.3 is 0 Å². The highest BCUT2D eigenvalue weighted by Gasteiger charge is 2.15. The number of benzene rings is 2. The maximum absolute atomic E-state index is 13.5. The Labute approximate surface area is 130 Å². The third-order valence-corrected chi connectivity index (χ3v) is 4.26. The zero-order chi connectivity index (χ0) is 15.4. The van der Waals surface area contributed by atoms with E-state index in [0.29, 0.717) is 0 Å². The molecule has 1 atom stereocenters. The number of hydrogen-bond donors (Lipinski definition) is 0. The van der Waals surface area contributed by atoms with Gasteiger partial charge in [0.2, 0.25) is 0 Å². The van der Waals surface area contributed by atoms with Crippen molar-refractivity contribution in [3.8, 4) is 5.75 Å². The summed E-state index contributed by atoms with van der Waals surface area (Å²) in [7, 11) is 1.46. The van der Waals surface area contributed by atoms with Gasteiger partial charge in [0.15, 0.2) is 11.6 Å². The van der Waals surface area contributed by atoms with Gasteiger partial charge in [0.1, 0.15) is 0 Å². The van der Waals surface area contributed by atoms with Crippen LogP contribution in [0.1, 0.15) is 41.5 Å². The molecule has 2 rings (SSSR count). The van der Waals surface area contributed by atoms with Crippen LogP contribution in [0.5, 0.6) is 5.75 Å². The molecule has 1 nitrogen and oxygen atoms in total. The lowest BCUT2D eigenvalue weighted by molar-refractivity contribution is 0.386. The van der Waals surface area contributed by atoms with Gasteiger partial charge in [-0.15, -0.1) is 11.6 Å². The molecule has 0 aliphatic heterocycles. The highest BCUT2D eigenvalue weighted by molar-refractivity contribution is 6.22. The molecule has 0 radical (unpaired) electrons. The fourth-order valence-electron chi connectivity index (χ4n) is 2.50. The molecule has 0 bridgehead atoms. The first-order chi connectivity index (χ1) is 10.1. The molecule has 0 aliphatic carbocycles. The molecule has 0 aliphatic rings. The van der Waals surface area contributed by atoms with E-state index in [-0.39, 0.29) is 16.9 Å². The normalized spacial score (nSPS) is 12.2. The van der Waals surface area contributed by atoms with Gasteiger partial charge in [-0.1, -0.05) is 38.1 Å². The summed E-state index contributed by atoms with van der Waals surface area (Å²) in [5, 5.41) is -0.310. The Hall–Kier alpha value is -1.54. The largest absolute Gasteiger partial charge is 0.494 e. The number of aryl methyl sites for hydroxylation is 2. The van der Waals surface area contributed by atoms with E-state index in [4.69, 9.17) is 16.3 Å². The fourth-order valence-corrected chi connectivity index (χ4v) is 2.78. The van der Waals surface area contributed by atoms with Gasteiger partial charge in [-0.2, -0.15) is 0 Å². The van der Waals surface area contributed by atoms with Crippen molar-refractivity contribution in [3.05, 3.63) is 64.5 Å². The first-order valence-corrected chi connectivity index (χ1v) is 7.63. The van der Waals surface area contributed by atoms with E-state index in [1.807, 2.05) is 6.07 Å². The van der Waals surface area contributed by atoms with E-state index in [2.05, 4.69) is 26.0 Å². The maximum Gasteiger partial charge on any atom is 0.165 e. The molecule has 0 amide bonds. The second-order valence-corrected chi connectivity index (χ2v) is 5.43. The van der Waals surface area contributed by atoms with Gasteiger partial charge in [-0.25, -0.2) is 4.39 Å². The molecule has 2 aromatic rings. The van der Waals surface area contributed by atoms with Gasteiger partial charge in [-0.05, 0) is 47.2 Å². The van der Waals surface area contributed by atoms with Gasteiger partial charge < -0.3 is 4.74 Å². The average molecular weight is 307 g/mol. The van der Waals surface area contributed by atoms with Crippen LogP contribution in [0.3, 0.4) is 0 Å². The summed E-state index contributed by atoms with van der Waals surface area (Å²) in [5.74, 6) is -0.153. The number of alkyl halides is 1. The van der Waals surface area contributed by atoms with Crippen LogP contribution in [0.25, 0.3) is 0 Å². The predicted molar refractivity (Wildman–Crippen MR) is 85.8 cm³/mol. The highest BCUT2D eigenvalue weighted by Crippen LogP contribution is 2.33. The second-order valence-electron chi connectivity index (χ2n) is 4.99. The number of halogens is 2. The SMILES string of the molecule is CCc1ccc(C(Cl)c2ccc(F)c(OC)c2)cc1CC. The van der Waals surface area contributed by atoms with Crippen molar-refractivity contribution in [1.29, 1.82) is 0 Å². The highest BCUT2D eigenvalue weighted by atomic mass is 35.5. The Morgan fingerprint density at radius 1 is 1.00 bits per heavy atom. The molecule has 0 fully saturated rings. The Kier molecular flexibility index (Phi) is 5.24. The topological polar surface area (TPSA) is 9.23 Å². The average Bonchev–Trinajstić information content (AvgIpc) is 2.53. The van der Waals surface area contributed by atoms with E-state index >= 15 is 0 Å². The van der Waals surface area contributed by atoms with Gasteiger partial charge in [0, 0.05) is 0 Å². The van der Waals surface area contributed by atoms with Crippen molar-refractivity contribution in [2.45, 2.75) is 32.1 Å². The molecule has 2 aromatic carbocycles. The van der Waals surface area contributed by atoms with Crippen LogP contribution in [-0.4, -0.2) is 7.11 Å². The summed E-state index contributed by atoms with van der Waals surface area (Å²) in [6.07, 6.45) is 1.99. The Morgan fingerprint density at radius 2 is 1.62 bits per heavy atom. The van der Waals surface area contributed by atoms with Gasteiger partial charge in [0.05, 0.1) is 12.5 Å². The molecule has 0 heterocycles. The summed E-state index contributed by atoms with van der Waals surface area (Å²) in [5.41, 5.74) is 4.53. The molecule has 0 aromatic heterocycles. The first-order valence-electron chi connectivity index (χ1n) is 7.19. The lowest BCUT2D eigenvalue weighted by atomic mass is 9.96. The fraction of sp³-hybridized carbons (Fsp3) is 0.333. The molecule has 0 saturated carbocycles. The molecular formula is C18H20ClFO. The smallest absolute Gasteiger partial charge is 0.165 e. The summed E-state index contributed by atoms with van der Waals surface area (Å²) in [6, 6.07) is 11.1. The van der Waals surface area contributed by atoms with E-state index in [1.54, 1.807) is 12.1 Å². The molecule has 3 heteroatoms. The standard InChI is InChI=1S/C18H20ClFO/c1-4-12-6-7-14(10-13(12)5-2)18(19)15-8-9-16(20)17(11-15)21-3/h6-11,18H,4-5H2,1-3H3. The first kappa shape index (κ1) is 15.8. The molecule has 0 saturated heterocycles. The Morgan fingerprint density at radius 3 is 2.24 bits per heavy atom. The van der Waals surface area contributed by atoms with Crippen molar-refractivity contribution in [2.75, 3.05) is 7.11 Å². The summed E-state index contributed by atoms with van der Waals surface area (Å²) < 4.78 is 18.5. The minimum atomic E-state index is -0.374. The van der Waals surface area contributed by atoms with Crippen LogP contribution in [-0.2, 0) is 12.8 Å². The van der Waals surface area contributed by atoms with Gasteiger partial charge in [-0.3, -0.25) is 0 Å². The monoisotopic (exact) mass is 306 g/mol. The van der Waals surface area contributed by atoms with E-state index in [9.17, 15) is 4.39 Å². The third kappa shape index (κ3) is 3.38. The lowest BCUT2D eigenvalue weighted by Gasteiger charge is -2.15. The predicted octanol–water partition coefficient (Wildman–Crippen LogP) is 5.29. The van der Waals surface area contributed by atoms with Crippen LogP contribution in [0.4, 0.5) is 4.39 Å². The number of methoxy groups -OCH3 is 1. The maximum atomic E-state index is 13.5. The molecule has 0 N–H and O–H groups in total. The molecule has 1 unspecified atom stereocenters. The zero-order valence-electron chi connectivity index (χ0n) is 12.6. The van der Waals surface area contributed by atoms with Crippen LogP contribution in [0.15, 0.2) is 36.4 Å². The minimum Gasteiger partial charge on any atom is -0.494 e. The molecule has 21 heavy (non-hydrogen) atoms. The van der Waals surface area contributed by atoms with Crippen LogP contribution in [0, 0.1) is 5.82 Å². The van der Waals surface area contributed by atoms with E-state index in [1.165, 1.54) is 24.3 Å². The van der Waals surface area contributed by atoms with Crippen molar-refractivity contribution < 1.29 is 9.13 Å². The van der Waals surface area contributed by atoms with Crippen molar-refractivity contribution in [2.24, 2.45) is 0 Å². The van der Waals surface area contributed by atoms with Crippen molar-refractivity contribution in [1.82, 2.24) is 0 Å². The minimum absolute atomic E-state index is 0.221. The van der Waals surface area contributed by atoms with E-state index < -0.39 is 0 Å². The van der Waals surface area contributed by atoms with Crippen LogP contribution < -0.4 is 4.74 Å². The van der Waals surface area contributed by atoms with Crippen LogP contribution >= 0.6 is 11.6 Å². The number of rotatable bonds is 5. The quantitative estimate of drug-likeness (QED) is 0.682. The summed E-state index contributed by atoms with van der Waals surface area (Å²) >= 11 is 6.56. The molecule has 0 spiro atoms. The number of hydrogen-bond acceptors (Lipinski definition) is 1. The number of ether oxygens (including phenoxy) is 1. The summed E-state index contributed by atoms with van der Waals surface area (Å²) in [4.78, 5) is 0. The molecule has 112 valence electrons. The van der Waals surface area contributed by atoms with Gasteiger partial charge in [0.25, 0.3) is 0 Å². The summed E-state index contributed by atoms with van der Waals surface area (Å²) in [6.45, 7) is 4.29. The second kappa shape index (κ2) is 6.95. The molecular weight excluding hydrogens is 287 g/mol. The van der Waals surface area contributed by atoms with E-state index in [0.717, 1.165) is 24.0 Å². The Bertz CT molecular complexity index is 625. The Balaban J connectivity index is 2.37. The zero-order valence-corrected chi connectivity index (χ0v) is 13.4.